The van der Waals surface area contributed by atoms with E-state index < -0.39 is 11.9 Å². The van der Waals surface area contributed by atoms with Crippen LogP contribution in [-0.2, 0) is 14.4 Å². The van der Waals surface area contributed by atoms with Gasteiger partial charge in [-0.05, 0) is 48.8 Å². The van der Waals surface area contributed by atoms with Crippen molar-refractivity contribution in [2.75, 3.05) is 22.9 Å². The van der Waals surface area contributed by atoms with Crippen molar-refractivity contribution in [1.82, 2.24) is 9.97 Å². The Hall–Kier alpha value is -3.59. The molecule has 1 aromatic carbocycles. The molecule has 2 atom stereocenters. The van der Waals surface area contributed by atoms with Gasteiger partial charge in [-0.15, -0.1) is 11.3 Å². The molecule has 1 N–H and O–H groups in total. The third kappa shape index (κ3) is 5.27. The standard InChI is InChI=1S/C31H34N4O4S/c36-28-12-6-16-34(28)27-14-13-21(18-32-27)23-9-1-2-11-24(23)26-19-40-31(33-26)35-15-4-3-10-22(20-7-5-8-20)25(30(35)39)17-29(37)38/h1-2,9,11,13-14,18-20,22,25H,3-8,10,12,15-17H2,(H,37,38)/t22-,25-/m0/s1. The summed E-state index contributed by atoms with van der Waals surface area (Å²) in [5.74, 6) is -0.141. The quantitative estimate of drug-likeness (QED) is 0.380. The van der Waals surface area contributed by atoms with Gasteiger partial charge >= 0.3 is 5.97 Å². The number of hydrogen-bond donors (Lipinski definition) is 1. The lowest BCUT2D eigenvalue weighted by atomic mass is 9.67. The van der Waals surface area contributed by atoms with Gasteiger partial charge in [-0.25, -0.2) is 9.97 Å². The monoisotopic (exact) mass is 558 g/mol. The van der Waals surface area contributed by atoms with E-state index >= 15 is 0 Å². The minimum absolute atomic E-state index is 0.0931. The summed E-state index contributed by atoms with van der Waals surface area (Å²) in [6.07, 6.45) is 9.26. The van der Waals surface area contributed by atoms with Gasteiger partial charge in [-0.1, -0.05) is 49.9 Å². The highest BCUT2D eigenvalue weighted by molar-refractivity contribution is 7.14. The Morgan fingerprint density at radius 1 is 0.950 bits per heavy atom. The van der Waals surface area contributed by atoms with Crippen molar-refractivity contribution in [3.8, 4) is 22.4 Å². The SMILES string of the molecule is O=C(O)C[C@@H]1C(=O)N(c2nc(-c3ccccc3-c3ccc(N4CCCC4=O)nc3)cs2)CCCC[C@H]1C1CCC1. The number of carboxylic acid groups (broad SMARTS) is 1. The Bertz CT molecular complexity index is 1400. The first kappa shape index (κ1) is 26.6. The summed E-state index contributed by atoms with van der Waals surface area (Å²) in [5.41, 5.74) is 3.60. The van der Waals surface area contributed by atoms with Crippen molar-refractivity contribution in [3.63, 3.8) is 0 Å². The Morgan fingerprint density at radius 2 is 1.75 bits per heavy atom. The van der Waals surface area contributed by atoms with Crippen LogP contribution in [0.15, 0.2) is 48.0 Å². The molecule has 0 bridgehead atoms. The molecule has 4 heterocycles. The van der Waals surface area contributed by atoms with Crippen LogP contribution >= 0.6 is 11.3 Å². The summed E-state index contributed by atoms with van der Waals surface area (Å²) >= 11 is 1.43. The van der Waals surface area contributed by atoms with Crippen molar-refractivity contribution in [1.29, 1.82) is 0 Å². The maximum atomic E-state index is 13.9. The predicted octanol–water partition coefficient (Wildman–Crippen LogP) is 6.02. The molecule has 3 aliphatic rings. The lowest BCUT2D eigenvalue weighted by molar-refractivity contribution is -0.142. The van der Waals surface area contributed by atoms with E-state index in [1.165, 1.54) is 17.8 Å². The van der Waals surface area contributed by atoms with Crippen LogP contribution in [0.3, 0.4) is 0 Å². The molecule has 0 spiro atoms. The van der Waals surface area contributed by atoms with Crippen LogP contribution in [-0.4, -0.2) is 45.9 Å². The Morgan fingerprint density at radius 3 is 2.42 bits per heavy atom. The Balaban J connectivity index is 1.27. The largest absolute Gasteiger partial charge is 0.481 e. The molecule has 208 valence electrons. The molecule has 9 heteroatoms. The second-order valence-corrected chi connectivity index (χ2v) is 12.0. The Labute approximate surface area is 238 Å². The average molecular weight is 559 g/mol. The molecule has 2 amide bonds. The molecule has 0 unspecified atom stereocenters. The van der Waals surface area contributed by atoms with Gasteiger partial charge in [-0.2, -0.15) is 0 Å². The number of rotatable bonds is 7. The van der Waals surface area contributed by atoms with Gasteiger partial charge < -0.3 is 5.11 Å². The fourth-order valence-corrected chi connectivity index (χ4v) is 7.32. The molecule has 40 heavy (non-hydrogen) atoms. The van der Waals surface area contributed by atoms with Gasteiger partial charge in [0, 0.05) is 42.2 Å². The number of aliphatic carboxylic acids is 1. The van der Waals surface area contributed by atoms with Crippen molar-refractivity contribution in [2.24, 2.45) is 17.8 Å². The Kier molecular flexibility index (Phi) is 7.65. The van der Waals surface area contributed by atoms with Crippen molar-refractivity contribution in [3.05, 3.63) is 48.0 Å². The van der Waals surface area contributed by atoms with E-state index in [4.69, 9.17) is 4.98 Å². The fraction of sp³-hybridized carbons (Fsp3) is 0.452. The first-order chi connectivity index (χ1) is 19.5. The van der Waals surface area contributed by atoms with Gasteiger partial charge in [0.15, 0.2) is 5.13 Å². The highest BCUT2D eigenvalue weighted by Crippen LogP contribution is 2.44. The van der Waals surface area contributed by atoms with Crippen LogP contribution in [0.4, 0.5) is 10.9 Å². The third-order valence-corrected chi connectivity index (χ3v) is 9.62. The highest BCUT2D eigenvalue weighted by Gasteiger charge is 2.41. The number of hydrogen-bond acceptors (Lipinski definition) is 6. The van der Waals surface area contributed by atoms with Gasteiger partial charge in [0.25, 0.3) is 0 Å². The van der Waals surface area contributed by atoms with Crippen LogP contribution in [0, 0.1) is 17.8 Å². The van der Waals surface area contributed by atoms with Gasteiger partial charge in [-0.3, -0.25) is 24.2 Å². The molecule has 8 nitrogen and oxygen atoms in total. The van der Waals surface area contributed by atoms with Crippen LogP contribution < -0.4 is 9.80 Å². The minimum Gasteiger partial charge on any atom is -0.481 e. The molecule has 2 aliphatic heterocycles. The van der Waals surface area contributed by atoms with Crippen molar-refractivity contribution < 1.29 is 19.5 Å². The topological polar surface area (TPSA) is 104 Å². The molecule has 1 saturated carbocycles. The van der Waals surface area contributed by atoms with Crippen LogP contribution in [0.2, 0.25) is 0 Å². The molecular formula is C31H34N4O4S. The zero-order valence-electron chi connectivity index (χ0n) is 22.5. The molecule has 0 radical (unpaired) electrons. The number of anilines is 2. The van der Waals surface area contributed by atoms with E-state index in [9.17, 15) is 19.5 Å². The summed E-state index contributed by atoms with van der Waals surface area (Å²) in [4.78, 5) is 50.8. The molecular weight excluding hydrogens is 524 g/mol. The number of nitrogens with zero attached hydrogens (tertiary/aromatic N) is 4. The number of amides is 2. The lowest BCUT2D eigenvalue weighted by Gasteiger charge is -2.40. The minimum atomic E-state index is -0.911. The van der Waals surface area contributed by atoms with E-state index in [0.717, 1.165) is 60.9 Å². The van der Waals surface area contributed by atoms with Crippen molar-refractivity contribution in [2.45, 2.75) is 57.8 Å². The second kappa shape index (κ2) is 11.5. The molecule has 1 aliphatic carbocycles. The number of aromatic nitrogens is 2. The average Bonchev–Trinajstić information content (AvgIpc) is 3.58. The van der Waals surface area contributed by atoms with E-state index in [1.807, 2.05) is 41.8 Å². The van der Waals surface area contributed by atoms with Crippen LogP contribution in [0.1, 0.15) is 57.8 Å². The van der Waals surface area contributed by atoms with Gasteiger partial charge in [0.05, 0.1) is 18.0 Å². The highest BCUT2D eigenvalue weighted by atomic mass is 32.1. The van der Waals surface area contributed by atoms with Crippen molar-refractivity contribution >= 4 is 40.1 Å². The van der Waals surface area contributed by atoms with E-state index in [-0.39, 0.29) is 24.2 Å². The molecule has 3 aromatic rings. The summed E-state index contributed by atoms with van der Waals surface area (Å²) in [7, 11) is 0. The summed E-state index contributed by atoms with van der Waals surface area (Å²) in [6, 6.07) is 11.9. The number of pyridine rings is 1. The normalized spacial score (nSPS) is 22.2. The molecule has 6 rings (SSSR count). The number of carbonyl (C=O) groups is 3. The molecule has 2 saturated heterocycles. The second-order valence-electron chi connectivity index (χ2n) is 11.2. The van der Waals surface area contributed by atoms with Crippen LogP contribution in [0.5, 0.6) is 0 Å². The number of carboxylic acids is 1. The first-order valence-corrected chi connectivity index (χ1v) is 15.2. The summed E-state index contributed by atoms with van der Waals surface area (Å²) in [6.45, 7) is 1.26. The zero-order valence-corrected chi connectivity index (χ0v) is 23.3. The maximum Gasteiger partial charge on any atom is 0.304 e. The molecule has 2 aromatic heterocycles. The fourth-order valence-electron chi connectivity index (χ4n) is 6.46. The zero-order chi connectivity index (χ0) is 27.6. The smallest absolute Gasteiger partial charge is 0.304 e. The first-order valence-electron chi connectivity index (χ1n) is 14.3. The number of benzene rings is 1. The van der Waals surface area contributed by atoms with Crippen LogP contribution in [0.25, 0.3) is 22.4 Å². The van der Waals surface area contributed by atoms with Gasteiger partial charge in [0.1, 0.15) is 5.82 Å². The van der Waals surface area contributed by atoms with Gasteiger partial charge in [0.2, 0.25) is 11.8 Å². The lowest BCUT2D eigenvalue weighted by Crippen LogP contribution is -2.45. The maximum absolute atomic E-state index is 13.9. The number of carbonyl (C=O) groups excluding carboxylic acids is 2. The summed E-state index contributed by atoms with van der Waals surface area (Å²) < 4.78 is 0. The van der Waals surface area contributed by atoms with E-state index in [2.05, 4.69) is 4.98 Å². The summed E-state index contributed by atoms with van der Waals surface area (Å²) in [5, 5.41) is 12.3. The molecule has 3 fully saturated rings. The predicted molar refractivity (Wildman–Crippen MR) is 155 cm³/mol. The third-order valence-electron chi connectivity index (χ3n) is 8.75. The van der Waals surface area contributed by atoms with E-state index in [1.54, 1.807) is 16.0 Å². The van der Waals surface area contributed by atoms with E-state index in [0.29, 0.717) is 36.4 Å². The number of thiazole rings is 1.